The van der Waals surface area contributed by atoms with Crippen molar-refractivity contribution >= 4 is 29.0 Å². The van der Waals surface area contributed by atoms with E-state index in [0.717, 1.165) is 0 Å². The lowest BCUT2D eigenvalue weighted by Gasteiger charge is -2.15. The number of carbonyl (C=O) groups excluding carboxylic acids is 1. The van der Waals surface area contributed by atoms with Crippen LogP contribution in [0, 0.1) is 0 Å². The average Bonchev–Trinajstić information content (AvgIpc) is 3.23. The Morgan fingerprint density at radius 2 is 1.77 bits per heavy atom. The third-order valence-corrected chi connectivity index (χ3v) is 4.43. The van der Waals surface area contributed by atoms with Gasteiger partial charge in [0.15, 0.2) is 5.60 Å². The molecule has 0 bridgehead atoms. The number of ketones is 1. The third kappa shape index (κ3) is 2.44. The number of methoxy groups -OCH3 is 1. The van der Waals surface area contributed by atoms with Crippen LogP contribution in [0.2, 0.25) is 10.0 Å². The third-order valence-electron chi connectivity index (χ3n) is 3.77. The van der Waals surface area contributed by atoms with E-state index in [1.54, 1.807) is 43.5 Å². The Morgan fingerprint density at radius 3 is 2.41 bits per heavy atom. The molecule has 3 nitrogen and oxygen atoms in total. The number of hydrogen-bond donors (Lipinski definition) is 0. The molecule has 2 atom stereocenters. The highest BCUT2D eigenvalue weighted by Gasteiger charge is 2.64. The highest BCUT2D eigenvalue weighted by atomic mass is 35.5. The zero-order valence-electron chi connectivity index (χ0n) is 11.9. The predicted molar refractivity (Wildman–Crippen MR) is 85.7 cm³/mol. The first-order valence-corrected chi connectivity index (χ1v) is 7.58. The van der Waals surface area contributed by atoms with E-state index in [-0.39, 0.29) is 11.9 Å². The van der Waals surface area contributed by atoms with E-state index >= 15 is 0 Å². The molecule has 1 heterocycles. The van der Waals surface area contributed by atoms with Crippen molar-refractivity contribution < 1.29 is 14.3 Å². The van der Waals surface area contributed by atoms with Crippen molar-refractivity contribution in [2.45, 2.75) is 11.7 Å². The zero-order valence-corrected chi connectivity index (χ0v) is 13.4. The number of ether oxygens (including phenoxy) is 2. The van der Waals surface area contributed by atoms with Crippen molar-refractivity contribution in [1.29, 1.82) is 0 Å². The summed E-state index contributed by atoms with van der Waals surface area (Å²) < 4.78 is 10.9. The highest BCUT2D eigenvalue weighted by molar-refractivity contribution is 6.35. The minimum absolute atomic E-state index is 0.201. The van der Waals surface area contributed by atoms with E-state index in [0.29, 0.717) is 27.8 Å². The van der Waals surface area contributed by atoms with Crippen LogP contribution in [-0.2, 0) is 15.1 Å². The van der Waals surface area contributed by atoms with Gasteiger partial charge in [0.05, 0.1) is 11.6 Å². The summed E-state index contributed by atoms with van der Waals surface area (Å²) in [6.45, 7) is 0.307. The zero-order chi connectivity index (χ0) is 15.7. The molecule has 0 amide bonds. The Morgan fingerprint density at radius 1 is 1.14 bits per heavy atom. The summed E-state index contributed by atoms with van der Waals surface area (Å²) in [5, 5.41) is 0.882. The second-order valence-corrected chi connectivity index (χ2v) is 5.90. The summed E-state index contributed by atoms with van der Waals surface area (Å²) in [4.78, 5) is 13.1. The van der Waals surface area contributed by atoms with Crippen molar-refractivity contribution in [3.05, 3.63) is 69.7 Å². The predicted octanol–water partition coefficient (Wildman–Crippen LogP) is 4.12. The van der Waals surface area contributed by atoms with Crippen molar-refractivity contribution in [2.75, 3.05) is 13.7 Å². The fraction of sp³-hybridized carbons (Fsp3) is 0.235. The summed E-state index contributed by atoms with van der Waals surface area (Å²) in [6, 6.07) is 14.1. The van der Waals surface area contributed by atoms with Crippen molar-refractivity contribution in [2.24, 2.45) is 0 Å². The molecule has 0 aromatic heterocycles. The Labute approximate surface area is 138 Å². The summed E-state index contributed by atoms with van der Waals surface area (Å²) in [5.74, 6) is -0.201. The van der Waals surface area contributed by atoms with Gasteiger partial charge in [-0.25, -0.2) is 0 Å². The van der Waals surface area contributed by atoms with Crippen LogP contribution >= 0.6 is 23.2 Å². The van der Waals surface area contributed by atoms with E-state index in [1.165, 1.54) is 0 Å². The summed E-state index contributed by atoms with van der Waals surface area (Å²) >= 11 is 12.4. The van der Waals surface area contributed by atoms with Gasteiger partial charge in [-0.15, -0.1) is 0 Å². The SMILES string of the molecule is COC[C@H]1O[C@]1(C(=O)c1ccccc1Cl)c1ccccc1Cl. The van der Waals surface area contributed by atoms with Crippen LogP contribution in [0.1, 0.15) is 15.9 Å². The minimum Gasteiger partial charge on any atom is -0.382 e. The molecule has 0 unspecified atom stereocenters. The average molecular weight is 337 g/mol. The standard InChI is InChI=1S/C17H14Cl2O3/c1-21-10-15-17(22-15,12-7-3-5-9-14(12)19)16(20)11-6-2-4-8-13(11)18/h2-9,15H,10H2,1H3/t15-,17-/m1/s1. The number of Topliss-reactive ketones (excluding diaryl/α,β-unsaturated/α-hetero) is 1. The van der Waals surface area contributed by atoms with E-state index in [4.69, 9.17) is 32.7 Å². The van der Waals surface area contributed by atoms with Gasteiger partial charge in [0.25, 0.3) is 0 Å². The van der Waals surface area contributed by atoms with Gasteiger partial charge < -0.3 is 9.47 Å². The molecule has 0 N–H and O–H groups in total. The molecule has 114 valence electrons. The van der Waals surface area contributed by atoms with Crippen molar-refractivity contribution in [1.82, 2.24) is 0 Å². The molecule has 5 heteroatoms. The van der Waals surface area contributed by atoms with Crippen LogP contribution in [0.3, 0.4) is 0 Å². The molecule has 2 aromatic rings. The first-order chi connectivity index (χ1) is 10.6. The van der Waals surface area contributed by atoms with Gasteiger partial charge in [-0.2, -0.15) is 0 Å². The van der Waals surface area contributed by atoms with E-state index in [2.05, 4.69) is 0 Å². The van der Waals surface area contributed by atoms with Crippen LogP contribution in [0.15, 0.2) is 48.5 Å². The van der Waals surface area contributed by atoms with Gasteiger partial charge in [-0.1, -0.05) is 53.5 Å². The van der Waals surface area contributed by atoms with Crippen molar-refractivity contribution in [3.63, 3.8) is 0 Å². The van der Waals surface area contributed by atoms with E-state index in [9.17, 15) is 4.79 Å². The molecule has 1 aliphatic rings. The molecule has 22 heavy (non-hydrogen) atoms. The molecule has 0 spiro atoms. The van der Waals surface area contributed by atoms with Crippen LogP contribution in [-0.4, -0.2) is 25.6 Å². The lowest BCUT2D eigenvalue weighted by Crippen LogP contribution is -2.27. The molecule has 2 aromatic carbocycles. The van der Waals surface area contributed by atoms with Crippen LogP contribution in [0.25, 0.3) is 0 Å². The fourth-order valence-corrected chi connectivity index (χ4v) is 3.16. The molecule has 1 saturated heterocycles. The first kappa shape index (κ1) is 15.5. The lowest BCUT2D eigenvalue weighted by molar-refractivity contribution is 0.0871. The Kier molecular flexibility index (Phi) is 4.24. The number of carbonyl (C=O) groups is 1. The molecule has 1 aliphatic heterocycles. The van der Waals surface area contributed by atoms with Gasteiger partial charge in [-0.05, 0) is 18.2 Å². The van der Waals surface area contributed by atoms with Gasteiger partial charge in [0.2, 0.25) is 5.78 Å². The Balaban J connectivity index is 2.08. The van der Waals surface area contributed by atoms with Crippen LogP contribution < -0.4 is 0 Å². The minimum atomic E-state index is -1.13. The number of epoxide rings is 1. The van der Waals surface area contributed by atoms with E-state index in [1.807, 2.05) is 12.1 Å². The monoisotopic (exact) mass is 336 g/mol. The van der Waals surface area contributed by atoms with Gasteiger partial charge in [0.1, 0.15) is 6.10 Å². The van der Waals surface area contributed by atoms with Gasteiger partial charge >= 0.3 is 0 Å². The molecular formula is C17H14Cl2O3. The van der Waals surface area contributed by atoms with E-state index < -0.39 is 5.60 Å². The van der Waals surface area contributed by atoms with Gasteiger partial charge in [-0.3, -0.25) is 4.79 Å². The molecule has 1 fully saturated rings. The molecular weight excluding hydrogens is 323 g/mol. The Hall–Kier alpha value is -1.39. The summed E-state index contributed by atoms with van der Waals surface area (Å²) in [6.07, 6.45) is -0.374. The van der Waals surface area contributed by atoms with Crippen LogP contribution in [0.5, 0.6) is 0 Å². The van der Waals surface area contributed by atoms with Crippen LogP contribution in [0.4, 0.5) is 0 Å². The first-order valence-electron chi connectivity index (χ1n) is 6.82. The molecule has 0 aliphatic carbocycles. The second kappa shape index (κ2) is 6.01. The van der Waals surface area contributed by atoms with Gasteiger partial charge in [0, 0.05) is 23.3 Å². The largest absolute Gasteiger partial charge is 0.382 e. The number of rotatable bonds is 5. The maximum Gasteiger partial charge on any atom is 0.203 e. The number of halogens is 2. The maximum absolute atomic E-state index is 13.1. The topological polar surface area (TPSA) is 38.8 Å². The maximum atomic E-state index is 13.1. The smallest absolute Gasteiger partial charge is 0.203 e. The Bertz CT molecular complexity index is 717. The summed E-state index contributed by atoms with van der Waals surface area (Å²) in [7, 11) is 1.57. The molecule has 0 saturated carbocycles. The van der Waals surface area contributed by atoms with Crippen molar-refractivity contribution in [3.8, 4) is 0 Å². The number of benzene rings is 2. The highest BCUT2D eigenvalue weighted by Crippen LogP contribution is 2.51. The lowest BCUT2D eigenvalue weighted by atomic mass is 9.87. The molecule has 3 rings (SSSR count). The fourth-order valence-electron chi connectivity index (χ4n) is 2.66. The summed E-state index contributed by atoms with van der Waals surface area (Å²) in [5.41, 5.74) is -0.0642. The quantitative estimate of drug-likeness (QED) is 0.609. The number of hydrogen-bond acceptors (Lipinski definition) is 3. The second-order valence-electron chi connectivity index (χ2n) is 5.09. The normalized spacial score (nSPS) is 23.3. The molecule has 0 radical (unpaired) electrons.